The molecule has 0 fully saturated rings. The molecule has 0 aliphatic carbocycles. The molecule has 0 aliphatic rings. The molecule has 0 spiro atoms. The first-order valence-corrected chi connectivity index (χ1v) is 7.96. The molecule has 5 nitrogen and oxygen atoms in total. The zero-order valence-corrected chi connectivity index (χ0v) is 12.4. The van der Waals surface area contributed by atoms with Gasteiger partial charge in [-0.1, -0.05) is 27.7 Å². The van der Waals surface area contributed by atoms with Gasteiger partial charge < -0.3 is 14.9 Å². The topological polar surface area (TPSA) is 94.8 Å². The van der Waals surface area contributed by atoms with E-state index in [4.69, 9.17) is 5.11 Å². The highest BCUT2D eigenvalue weighted by atomic mass is 32.1. The summed E-state index contributed by atoms with van der Waals surface area (Å²) in [7, 11) is -4.59. The number of carboxylic acid groups (broad SMARTS) is 1. The van der Waals surface area contributed by atoms with Crippen molar-refractivity contribution in [3.63, 3.8) is 0 Å². The zero-order valence-electron chi connectivity index (χ0n) is 10.7. The SMILES string of the molecule is CC(C)c1sc(C(=O)O)c(P(=O)(O)O)c1C(C)C. The van der Waals surface area contributed by atoms with E-state index in [0.29, 0.717) is 5.56 Å². The lowest BCUT2D eigenvalue weighted by atomic mass is 9.98. The summed E-state index contributed by atoms with van der Waals surface area (Å²) in [4.78, 5) is 30.4. The molecule has 0 atom stereocenters. The highest BCUT2D eigenvalue weighted by Crippen LogP contribution is 2.44. The molecular weight excluding hydrogens is 275 g/mol. The van der Waals surface area contributed by atoms with Crippen LogP contribution < -0.4 is 5.30 Å². The van der Waals surface area contributed by atoms with Crippen LogP contribution in [0.15, 0.2) is 0 Å². The van der Waals surface area contributed by atoms with Crippen molar-refractivity contribution in [3.8, 4) is 0 Å². The van der Waals surface area contributed by atoms with E-state index in [1.807, 2.05) is 13.8 Å². The molecule has 0 aliphatic heterocycles. The van der Waals surface area contributed by atoms with Crippen LogP contribution in [0.25, 0.3) is 0 Å². The third kappa shape index (κ3) is 2.83. The van der Waals surface area contributed by atoms with Crippen LogP contribution in [0, 0.1) is 0 Å². The minimum atomic E-state index is -4.59. The van der Waals surface area contributed by atoms with Crippen LogP contribution in [0.5, 0.6) is 0 Å². The van der Waals surface area contributed by atoms with E-state index < -0.39 is 13.6 Å². The molecule has 1 aromatic rings. The van der Waals surface area contributed by atoms with Gasteiger partial charge in [-0.3, -0.25) is 4.57 Å². The minimum Gasteiger partial charge on any atom is -0.477 e. The molecule has 1 aromatic heterocycles. The van der Waals surface area contributed by atoms with Crippen molar-refractivity contribution in [2.75, 3.05) is 0 Å². The first-order valence-electron chi connectivity index (χ1n) is 5.53. The Morgan fingerprint density at radius 1 is 1.17 bits per heavy atom. The summed E-state index contributed by atoms with van der Waals surface area (Å²) in [6.07, 6.45) is 0. The predicted octanol–water partition coefficient (Wildman–Crippen LogP) is 2.50. The van der Waals surface area contributed by atoms with Gasteiger partial charge in [-0.15, -0.1) is 11.3 Å². The molecule has 0 radical (unpaired) electrons. The van der Waals surface area contributed by atoms with E-state index in [2.05, 4.69) is 0 Å². The number of carboxylic acids is 1. The lowest BCUT2D eigenvalue weighted by Crippen LogP contribution is -2.17. The number of carbonyl (C=O) groups is 1. The van der Waals surface area contributed by atoms with Crippen molar-refractivity contribution in [1.82, 2.24) is 0 Å². The van der Waals surface area contributed by atoms with Crippen LogP contribution in [-0.2, 0) is 4.57 Å². The largest absolute Gasteiger partial charge is 0.477 e. The molecule has 18 heavy (non-hydrogen) atoms. The average Bonchev–Trinajstić information content (AvgIpc) is 2.56. The molecule has 0 bridgehead atoms. The fraction of sp³-hybridized carbons (Fsp3) is 0.545. The van der Waals surface area contributed by atoms with Gasteiger partial charge in [-0.05, 0) is 17.4 Å². The van der Waals surface area contributed by atoms with Crippen LogP contribution in [0.4, 0.5) is 0 Å². The Hall–Kier alpha value is -0.680. The second-order valence-electron chi connectivity index (χ2n) is 4.72. The molecule has 3 N–H and O–H groups in total. The van der Waals surface area contributed by atoms with Gasteiger partial charge in [-0.2, -0.15) is 0 Å². The number of aromatic carboxylic acids is 1. The Morgan fingerprint density at radius 3 is 1.94 bits per heavy atom. The number of thiophene rings is 1. The smallest absolute Gasteiger partial charge is 0.358 e. The summed E-state index contributed by atoms with van der Waals surface area (Å²) >= 11 is 0.966. The van der Waals surface area contributed by atoms with Crippen molar-refractivity contribution in [2.45, 2.75) is 39.5 Å². The molecule has 102 valence electrons. The molecule has 7 heteroatoms. The average molecular weight is 292 g/mol. The Bertz CT molecular complexity index is 512. The van der Waals surface area contributed by atoms with Gasteiger partial charge in [0.1, 0.15) is 4.88 Å². The van der Waals surface area contributed by atoms with E-state index in [9.17, 15) is 19.1 Å². The Kier molecular flexibility index (Phi) is 4.38. The highest BCUT2D eigenvalue weighted by Gasteiger charge is 2.35. The van der Waals surface area contributed by atoms with Crippen LogP contribution in [0.2, 0.25) is 0 Å². The van der Waals surface area contributed by atoms with E-state index in [1.165, 1.54) is 0 Å². The van der Waals surface area contributed by atoms with Crippen molar-refractivity contribution < 1.29 is 24.3 Å². The summed E-state index contributed by atoms with van der Waals surface area (Å²) < 4.78 is 11.6. The van der Waals surface area contributed by atoms with Gasteiger partial charge in [0, 0.05) is 4.88 Å². The van der Waals surface area contributed by atoms with Crippen LogP contribution in [0.3, 0.4) is 0 Å². The minimum absolute atomic E-state index is 0.0331. The summed E-state index contributed by atoms with van der Waals surface area (Å²) in [5.74, 6) is -1.38. The van der Waals surface area contributed by atoms with Gasteiger partial charge in [-0.25, -0.2) is 4.79 Å². The number of hydrogen-bond acceptors (Lipinski definition) is 3. The van der Waals surface area contributed by atoms with Crippen LogP contribution >= 0.6 is 18.9 Å². The Labute approximate surface area is 110 Å². The third-order valence-electron chi connectivity index (χ3n) is 2.53. The molecule has 0 amide bonds. The fourth-order valence-corrected chi connectivity index (χ4v) is 4.69. The third-order valence-corrected chi connectivity index (χ3v) is 5.23. The van der Waals surface area contributed by atoms with Crippen molar-refractivity contribution >= 4 is 30.2 Å². The molecule has 0 saturated carbocycles. The molecule has 1 rings (SSSR count). The van der Waals surface area contributed by atoms with Gasteiger partial charge in [0.25, 0.3) is 0 Å². The normalized spacial score (nSPS) is 12.4. The van der Waals surface area contributed by atoms with Gasteiger partial charge >= 0.3 is 13.6 Å². The first-order chi connectivity index (χ1) is 8.07. The predicted molar refractivity (Wildman–Crippen MR) is 71.1 cm³/mol. The van der Waals surface area contributed by atoms with E-state index in [1.54, 1.807) is 13.8 Å². The molecule has 0 saturated heterocycles. The summed E-state index contributed by atoms with van der Waals surface area (Å²) in [6.45, 7) is 7.37. The van der Waals surface area contributed by atoms with Crippen LogP contribution in [0.1, 0.15) is 59.6 Å². The Morgan fingerprint density at radius 2 is 1.67 bits per heavy atom. The van der Waals surface area contributed by atoms with Crippen molar-refractivity contribution in [1.29, 1.82) is 0 Å². The molecule has 0 unspecified atom stereocenters. The van der Waals surface area contributed by atoms with Crippen molar-refractivity contribution in [3.05, 3.63) is 15.3 Å². The number of rotatable bonds is 4. The lowest BCUT2D eigenvalue weighted by molar-refractivity contribution is 0.0703. The number of hydrogen-bond donors (Lipinski definition) is 3. The van der Waals surface area contributed by atoms with Gasteiger partial charge in [0.15, 0.2) is 0 Å². The maximum absolute atomic E-state index is 11.6. The first kappa shape index (κ1) is 15.4. The lowest BCUT2D eigenvalue weighted by Gasteiger charge is -2.14. The zero-order chi connectivity index (χ0) is 14.2. The van der Waals surface area contributed by atoms with Crippen LogP contribution in [-0.4, -0.2) is 20.9 Å². The highest BCUT2D eigenvalue weighted by molar-refractivity contribution is 7.61. The standard InChI is InChI=1S/C11H17O5PS/c1-5(2)7-8(17(14,15)16)10(11(12)13)18-9(7)6(3)4/h5-6H,1-4H3,(H,12,13)(H2,14,15,16). The van der Waals surface area contributed by atoms with Gasteiger partial charge in [0.2, 0.25) is 0 Å². The summed E-state index contributed by atoms with van der Waals surface area (Å²) in [5.41, 5.74) is 0.487. The van der Waals surface area contributed by atoms with E-state index >= 15 is 0 Å². The van der Waals surface area contributed by atoms with E-state index in [-0.39, 0.29) is 22.0 Å². The van der Waals surface area contributed by atoms with E-state index in [0.717, 1.165) is 16.2 Å². The van der Waals surface area contributed by atoms with Crippen molar-refractivity contribution in [2.24, 2.45) is 0 Å². The quantitative estimate of drug-likeness (QED) is 0.741. The molecule has 0 aromatic carbocycles. The second-order valence-corrected chi connectivity index (χ2v) is 7.30. The molecular formula is C11H17O5PS. The Balaban J connectivity index is 3.73. The summed E-state index contributed by atoms with van der Waals surface area (Å²) in [6, 6.07) is 0. The summed E-state index contributed by atoms with van der Waals surface area (Å²) in [5, 5.41) is 8.79. The molecule has 1 heterocycles. The maximum atomic E-state index is 11.6. The fourth-order valence-electron chi connectivity index (χ4n) is 1.87. The maximum Gasteiger partial charge on any atom is 0.358 e. The monoisotopic (exact) mass is 292 g/mol. The second kappa shape index (κ2) is 5.13. The van der Waals surface area contributed by atoms with Gasteiger partial charge in [0.05, 0.1) is 5.30 Å².